The van der Waals surface area contributed by atoms with Gasteiger partial charge in [0.15, 0.2) is 0 Å². The van der Waals surface area contributed by atoms with Crippen LogP contribution in [0.25, 0.3) is 0 Å². The minimum atomic E-state index is -1.11. The molecule has 0 N–H and O–H groups in total. The van der Waals surface area contributed by atoms with Crippen molar-refractivity contribution in [2.45, 2.75) is 6.10 Å². The van der Waals surface area contributed by atoms with Crippen LogP contribution in [0.5, 0.6) is 0 Å². The van der Waals surface area contributed by atoms with Crippen molar-refractivity contribution >= 4 is 0 Å². The minimum absolute atomic E-state index is 0. The summed E-state index contributed by atoms with van der Waals surface area (Å²) in [6.07, 6.45) is -1.11. The first kappa shape index (κ1) is 13.9. The zero-order valence-corrected chi connectivity index (χ0v) is 9.36. The van der Waals surface area contributed by atoms with E-state index in [2.05, 4.69) is 0 Å². The van der Waals surface area contributed by atoms with Crippen LogP contribution in [0.2, 0.25) is 0 Å². The van der Waals surface area contributed by atoms with Crippen LogP contribution in [-0.4, -0.2) is 0 Å². The molecule has 0 atom stereocenters. The van der Waals surface area contributed by atoms with Gasteiger partial charge in [0.05, 0.1) is 0 Å². The smallest absolute Gasteiger partial charge is 0.845 e. The van der Waals surface area contributed by atoms with Crippen LogP contribution in [0.1, 0.15) is 17.2 Å². The summed E-state index contributed by atoms with van der Waals surface area (Å²) in [5.74, 6) is -0.759. The summed E-state index contributed by atoms with van der Waals surface area (Å²) in [5.41, 5.74) is 0.931. The molecule has 0 aliphatic rings. The SMILES string of the molecule is [Li+].[O-]C(c1ccc(F)cc1)c1ccc(F)cc1. The second kappa shape index (κ2) is 5.97. The fourth-order valence-corrected chi connectivity index (χ4v) is 1.47. The molecule has 0 spiro atoms. The first-order chi connectivity index (χ1) is 7.66. The topological polar surface area (TPSA) is 23.1 Å². The Kier molecular flexibility index (Phi) is 4.89. The summed E-state index contributed by atoms with van der Waals surface area (Å²) in [6, 6.07) is 10.7. The number of hydrogen-bond acceptors (Lipinski definition) is 1. The molecule has 0 saturated heterocycles. The average Bonchev–Trinajstić information content (AvgIpc) is 2.30. The maximum absolute atomic E-state index is 12.7. The van der Waals surface area contributed by atoms with Gasteiger partial charge in [-0.1, -0.05) is 41.5 Å². The van der Waals surface area contributed by atoms with Crippen molar-refractivity contribution in [1.29, 1.82) is 0 Å². The van der Waals surface area contributed by atoms with E-state index < -0.39 is 6.10 Å². The zero-order valence-electron chi connectivity index (χ0n) is 9.36. The molecule has 0 aliphatic heterocycles. The van der Waals surface area contributed by atoms with Crippen molar-refractivity contribution in [3.8, 4) is 0 Å². The number of hydrogen-bond donors (Lipinski definition) is 0. The van der Waals surface area contributed by atoms with Crippen LogP contribution >= 0.6 is 0 Å². The summed E-state index contributed by atoms with van der Waals surface area (Å²) in [6.45, 7) is 0. The van der Waals surface area contributed by atoms with E-state index in [0.29, 0.717) is 11.1 Å². The predicted octanol–water partition coefficient (Wildman–Crippen LogP) is -0.581. The van der Waals surface area contributed by atoms with Gasteiger partial charge in [-0.25, -0.2) is 8.78 Å². The first-order valence-corrected chi connectivity index (χ1v) is 4.83. The zero-order chi connectivity index (χ0) is 11.5. The van der Waals surface area contributed by atoms with Crippen LogP contribution in [0, 0.1) is 11.6 Å². The van der Waals surface area contributed by atoms with Crippen molar-refractivity contribution in [1.82, 2.24) is 0 Å². The quantitative estimate of drug-likeness (QED) is 0.628. The second-order valence-corrected chi connectivity index (χ2v) is 3.48. The Hall–Kier alpha value is -1.14. The molecular weight excluding hydrogens is 217 g/mol. The summed E-state index contributed by atoms with van der Waals surface area (Å²) in [5, 5.41) is 11.9. The third-order valence-corrected chi connectivity index (χ3v) is 2.35. The molecule has 0 unspecified atom stereocenters. The largest absolute Gasteiger partial charge is 1.00 e. The van der Waals surface area contributed by atoms with E-state index in [4.69, 9.17) is 0 Å². The molecule has 0 fully saturated rings. The van der Waals surface area contributed by atoms with E-state index in [-0.39, 0.29) is 30.5 Å². The molecule has 82 valence electrons. The Bertz CT molecular complexity index is 422. The van der Waals surface area contributed by atoms with Crippen LogP contribution in [0.15, 0.2) is 48.5 Å². The predicted molar refractivity (Wildman–Crippen MR) is 54.6 cm³/mol. The van der Waals surface area contributed by atoms with E-state index >= 15 is 0 Å². The number of rotatable bonds is 2. The molecule has 0 amide bonds. The van der Waals surface area contributed by atoms with Crippen molar-refractivity contribution in [2.75, 3.05) is 0 Å². The van der Waals surface area contributed by atoms with Gasteiger partial charge in [0.2, 0.25) is 0 Å². The van der Waals surface area contributed by atoms with Gasteiger partial charge < -0.3 is 5.11 Å². The van der Waals surface area contributed by atoms with E-state index in [1.807, 2.05) is 0 Å². The number of benzene rings is 2. The molecule has 1 nitrogen and oxygen atoms in total. The van der Waals surface area contributed by atoms with Gasteiger partial charge in [-0.15, -0.1) is 0 Å². The Labute approximate surface area is 110 Å². The van der Waals surface area contributed by atoms with E-state index in [1.165, 1.54) is 48.5 Å². The third-order valence-electron chi connectivity index (χ3n) is 2.35. The molecule has 4 heteroatoms. The molecule has 0 aromatic heterocycles. The molecule has 0 radical (unpaired) electrons. The molecule has 0 aliphatic carbocycles. The van der Waals surface area contributed by atoms with Crippen LogP contribution < -0.4 is 24.0 Å². The van der Waals surface area contributed by atoms with Crippen molar-refractivity contribution < 1.29 is 32.7 Å². The maximum Gasteiger partial charge on any atom is 1.00 e. The van der Waals surface area contributed by atoms with Gasteiger partial charge in [-0.2, -0.15) is 0 Å². The van der Waals surface area contributed by atoms with Gasteiger partial charge in [0, 0.05) is 0 Å². The molecule has 2 aromatic rings. The van der Waals surface area contributed by atoms with Crippen molar-refractivity contribution in [3.63, 3.8) is 0 Å². The fraction of sp³-hybridized carbons (Fsp3) is 0.0769. The van der Waals surface area contributed by atoms with Crippen LogP contribution in [-0.2, 0) is 0 Å². The van der Waals surface area contributed by atoms with Gasteiger partial charge in [-0.05, 0) is 24.3 Å². The minimum Gasteiger partial charge on any atom is -0.845 e. The normalized spacial score (nSPS) is 10.1. The summed E-state index contributed by atoms with van der Waals surface area (Å²) < 4.78 is 25.3. The van der Waals surface area contributed by atoms with Crippen molar-refractivity contribution in [3.05, 3.63) is 71.3 Å². The van der Waals surface area contributed by atoms with E-state index in [0.717, 1.165) is 0 Å². The average molecular weight is 226 g/mol. The molecule has 0 heterocycles. The van der Waals surface area contributed by atoms with Gasteiger partial charge in [0.25, 0.3) is 0 Å². The number of halogens is 2. The Morgan fingerprint density at radius 2 is 1.00 bits per heavy atom. The van der Waals surface area contributed by atoms with Gasteiger partial charge >= 0.3 is 18.9 Å². The summed E-state index contributed by atoms with van der Waals surface area (Å²) in [4.78, 5) is 0. The van der Waals surface area contributed by atoms with Gasteiger partial charge in [0.1, 0.15) is 11.6 Å². The standard InChI is InChI=1S/C13H9F2O.Li/c14-11-5-1-9(2-6-11)13(16)10-3-7-12(15)8-4-10;/h1-8,13H;/q-1;+1. The Morgan fingerprint density at radius 3 is 1.29 bits per heavy atom. The fourth-order valence-electron chi connectivity index (χ4n) is 1.47. The molecule has 2 rings (SSSR count). The molecule has 17 heavy (non-hydrogen) atoms. The van der Waals surface area contributed by atoms with Crippen LogP contribution in [0.4, 0.5) is 8.78 Å². The monoisotopic (exact) mass is 226 g/mol. The Morgan fingerprint density at radius 1 is 0.706 bits per heavy atom. The maximum atomic E-state index is 12.7. The molecule has 0 bridgehead atoms. The van der Waals surface area contributed by atoms with Crippen LogP contribution in [0.3, 0.4) is 0 Å². The molecule has 2 aromatic carbocycles. The van der Waals surface area contributed by atoms with Crippen molar-refractivity contribution in [2.24, 2.45) is 0 Å². The van der Waals surface area contributed by atoms with E-state index in [1.54, 1.807) is 0 Å². The van der Waals surface area contributed by atoms with E-state index in [9.17, 15) is 13.9 Å². The van der Waals surface area contributed by atoms with Gasteiger partial charge in [-0.3, -0.25) is 0 Å². The Balaban J connectivity index is 0.00000144. The molecular formula is C13H9F2LiO. The first-order valence-electron chi connectivity index (χ1n) is 4.83. The molecule has 0 saturated carbocycles. The summed E-state index contributed by atoms with van der Waals surface area (Å²) >= 11 is 0. The third kappa shape index (κ3) is 3.41. The second-order valence-electron chi connectivity index (χ2n) is 3.48. The summed E-state index contributed by atoms with van der Waals surface area (Å²) in [7, 11) is 0.